The molecule has 3 heterocycles. The molecule has 0 aliphatic rings. The molecule has 0 amide bonds. The molecule has 0 atom stereocenters. The van der Waals surface area contributed by atoms with Crippen LogP contribution < -0.4 is 0 Å². The molecular formula is C12H8N2O2S. The van der Waals surface area contributed by atoms with E-state index in [1.165, 1.54) is 0 Å². The number of carboxylic acids is 1. The number of carboxylic acid groups (broad SMARTS) is 1. The predicted molar refractivity (Wildman–Crippen MR) is 65.5 cm³/mol. The van der Waals surface area contributed by atoms with E-state index < -0.39 is 5.97 Å². The molecule has 1 N–H and O–H groups in total. The van der Waals surface area contributed by atoms with Gasteiger partial charge in [0.1, 0.15) is 5.65 Å². The van der Waals surface area contributed by atoms with Gasteiger partial charge in [-0.1, -0.05) is 6.07 Å². The Morgan fingerprint density at radius 2 is 2.18 bits per heavy atom. The molecule has 5 heteroatoms. The monoisotopic (exact) mass is 244 g/mol. The second-order valence-electron chi connectivity index (χ2n) is 3.59. The van der Waals surface area contributed by atoms with Gasteiger partial charge in [0.15, 0.2) is 0 Å². The summed E-state index contributed by atoms with van der Waals surface area (Å²) in [7, 11) is 0. The van der Waals surface area contributed by atoms with Gasteiger partial charge in [-0.3, -0.25) is 0 Å². The van der Waals surface area contributed by atoms with E-state index in [0.29, 0.717) is 0 Å². The highest BCUT2D eigenvalue weighted by atomic mass is 32.1. The number of hydrogen-bond donors (Lipinski definition) is 1. The Bertz CT molecular complexity index is 686. The molecule has 84 valence electrons. The van der Waals surface area contributed by atoms with Crippen molar-refractivity contribution in [2.45, 2.75) is 0 Å². The molecule has 0 aromatic carbocycles. The third-order valence-corrected chi connectivity index (χ3v) is 3.36. The number of thiophene rings is 1. The van der Waals surface area contributed by atoms with Gasteiger partial charge in [0.25, 0.3) is 0 Å². The Hall–Kier alpha value is -2.14. The van der Waals surface area contributed by atoms with Crippen LogP contribution in [0.5, 0.6) is 0 Å². The van der Waals surface area contributed by atoms with Crippen LogP contribution in [0.3, 0.4) is 0 Å². The lowest BCUT2D eigenvalue weighted by Gasteiger charge is -1.95. The lowest BCUT2D eigenvalue weighted by Crippen LogP contribution is -1.97. The molecule has 0 unspecified atom stereocenters. The van der Waals surface area contributed by atoms with E-state index in [0.717, 1.165) is 16.2 Å². The molecule has 0 fully saturated rings. The van der Waals surface area contributed by atoms with Crippen molar-refractivity contribution in [3.8, 4) is 10.6 Å². The van der Waals surface area contributed by atoms with Gasteiger partial charge < -0.3 is 9.51 Å². The van der Waals surface area contributed by atoms with Crippen molar-refractivity contribution < 1.29 is 9.90 Å². The summed E-state index contributed by atoms with van der Waals surface area (Å²) in [6.45, 7) is 0. The van der Waals surface area contributed by atoms with E-state index in [1.807, 2.05) is 23.7 Å². The normalized spacial score (nSPS) is 10.8. The summed E-state index contributed by atoms with van der Waals surface area (Å²) < 4.78 is 1.73. The van der Waals surface area contributed by atoms with Crippen LogP contribution in [-0.4, -0.2) is 20.5 Å². The second kappa shape index (κ2) is 3.71. The van der Waals surface area contributed by atoms with Gasteiger partial charge in [0.05, 0.1) is 16.1 Å². The first-order chi connectivity index (χ1) is 8.24. The summed E-state index contributed by atoms with van der Waals surface area (Å²) in [5.74, 6) is -0.932. The fourth-order valence-corrected chi connectivity index (χ4v) is 2.34. The first-order valence-corrected chi connectivity index (χ1v) is 5.88. The zero-order chi connectivity index (χ0) is 11.8. The van der Waals surface area contributed by atoms with Crippen molar-refractivity contribution in [3.05, 3.63) is 47.6 Å². The smallest absolute Gasteiger partial charge is 0.337 e. The highest BCUT2D eigenvalue weighted by Gasteiger charge is 2.08. The zero-order valence-electron chi connectivity index (χ0n) is 8.70. The first kappa shape index (κ1) is 10.0. The van der Waals surface area contributed by atoms with Crippen molar-refractivity contribution in [2.75, 3.05) is 0 Å². The molecule has 0 aliphatic heterocycles. The summed E-state index contributed by atoms with van der Waals surface area (Å²) >= 11 is 1.61. The van der Waals surface area contributed by atoms with Gasteiger partial charge in [-0.2, -0.15) is 0 Å². The minimum atomic E-state index is -0.932. The number of nitrogens with zero attached hydrogens (tertiary/aromatic N) is 2. The van der Waals surface area contributed by atoms with E-state index >= 15 is 0 Å². The van der Waals surface area contributed by atoms with Crippen molar-refractivity contribution in [1.82, 2.24) is 9.38 Å². The quantitative estimate of drug-likeness (QED) is 0.754. The number of rotatable bonds is 2. The Labute approximate surface area is 101 Å². The minimum absolute atomic E-state index is 0.257. The van der Waals surface area contributed by atoms with E-state index in [-0.39, 0.29) is 5.56 Å². The zero-order valence-corrected chi connectivity index (χ0v) is 9.52. The molecule has 17 heavy (non-hydrogen) atoms. The molecule has 3 aromatic rings. The van der Waals surface area contributed by atoms with E-state index in [4.69, 9.17) is 5.11 Å². The highest BCUT2D eigenvalue weighted by molar-refractivity contribution is 7.13. The number of aromatic carboxylic acids is 1. The largest absolute Gasteiger partial charge is 0.478 e. The maximum Gasteiger partial charge on any atom is 0.337 e. The molecule has 3 aromatic heterocycles. The van der Waals surface area contributed by atoms with Gasteiger partial charge in [0.2, 0.25) is 0 Å². The predicted octanol–water partition coefficient (Wildman–Crippen LogP) is 2.76. The number of carbonyl (C=O) groups is 1. The van der Waals surface area contributed by atoms with Crippen LogP contribution in [0.25, 0.3) is 16.2 Å². The fraction of sp³-hybridized carbons (Fsp3) is 0. The van der Waals surface area contributed by atoms with Crippen LogP contribution in [-0.2, 0) is 0 Å². The van der Waals surface area contributed by atoms with Crippen molar-refractivity contribution in [2.24, 2.45) is 0 Å². The number of pyridine rings is 1. The Morgan fingerprint density at radius 3 is 2.88 bits per heavy atom. The lowest BCUT2D eigenvalue weighted by molar-refractivity contribution is 0.0696. The Morgan fingerprint density at radius 1 is 1.29 bits per heavy atom. The van der Waals surface area contributed by atoms with Crippen molar-refractivity contribution in [3.63, 3.8) is 0 Å². The molecule has 0 saturated carbocycles. The molecular weight excluding hydrogens is 236 g/mol. The summed E-state index contributed by atoms with van der Waals surface area (Å²) in [5, 5.41) is 10.9. The topological polar surface area (TPSA) is 54.6 Å². The minimum Gasteiger partial charge on any atom is -0.478 e. The van der Waals surface area contributed by atoms with Crippen LogP contribution in [0, 0.1) is 0 Å². The van der Waals surface area contributed by atoms with E-state index in [9.17, 15) is 4.79 Å². The van der Waals surface area contributed by atoms with Gasteiger partial charge in [-0.05, 0) is 23.6 Å². The van der Waals surface area contributed by atoms with Crippen LogP contribution in [0.2, 0.25) is 0 Å². The van der Waals surface area contributed by atoms with Gasteiger partial charge in [0, 0.05) is 12.4 Å². The number of fused-ring (bicyclic) bond motifs is 1. The highest BCUT2D eigenvalue weighted by Crippen LogP contribution is 2.24. The molecule has 4 nitrogen and oxygen atoms in total. The molecule has 0 saturated heterocycles. The maximum atomic E-state index is 10.8. The van der Waals surface area contributed by atoms with Gasteiger partial charge in [-0.25, -0.2) is 9.78 Å². The average Bonchev–Trinajstić information content (AvgIpc) is 2.96. The molecule has 0 spiro atoms. The number of imidazole rings is 1. The summed E-state index contributed by atoms with van der Waals surface area (Å²) in [5.41, 5.74) is 1.87. The van der Waals surface area contributed by atoms with E-state index in [1.54, 1.807) is 34.1 Å². The first-order valence-electron chi connectivity index (χ1n) is 5.00. The van der Waals surface area contributed by atoms with Crippen molar-refractivity contribution in [1.29, 1.82) is 0 Å². The third kappa shape index (κ3) is 1.70. The van der Waals surface area contributed by atoms with Crippen LogP contribution in [0.1, 0.15) is 10.4 Å². The maximum absolute atomic E-state index is 10.8. The number of hydrogen-bond acceptors (Lipinski definition) is 3. The Kier molecular flexibility index (Phi) is 2.19. The van der Waals surface area contributed by atoms with Gasteiger partial charge in [-0.15, -0.1) is 11.3 Å². The summed E-state index contributed by atoms with van der Waals surface area (Å²) in [6.07, 6.45) is 3.41. The molecule has 0 aliphatic carbocycles. The van der Waals surface area contributed by atoms with E-state index in [2.05, 4.69) is 4.98 Å². The third-order valence-electron chi connectivity index (χ3n) is 2.47. The second-order valence-corrected chi connectivity index (χ2v) is 4.54. The molecule has 3 rings (SSSR count). The molecule has 0 radical (unpaired) electrons. The SMILES string of the molecule is O=C(O)c1ccc2nc(-c3cccs3)cn2c1. The van der Waals surface area contributed by atoms with Crippen LogP contribution in [0.15, 0.2) is 42.0 Å². The van der Waals surface area contributed by atoms with Crippen molar-refractivity contribution >= 4 is 23.0 Å². The average molecular weight is 244 g/mol. The standard InChI is InChI=1S/C12H8N2O2S/c15-12(16)8-3-4-11-13-9(7-14(11)6-8)10-2-1-5-17-10/h1-7H,(H,15,16). The fourth-order valence-electron chi connectivity index (χ4n) is 1.66. The number of aromatic nitrogens is 2. The van der Waals surface area contributed by atoms with Crippen LogP contribution in [0.4, 0.5) is 0 Å². The van der Waals surface area contributed by atoms with Crippen LogP contribution >= 0.6 is 11.3 Å². The molecule has 0 bridgehead atoms. The Balaban J connectivity index is 2.16. The van der Waals surface area contributed by atoms with Gasteiger partial charge >= 0.3 is 5.97 Å². The lowest BCUT2D eigenvalue weighted by atomic mass is 10.3. The summed E-state index contributed by atoms with van der Waals surface area (Å²) in [6, 6.07) is 7.22. The summed E-state index contributed by atoms with van der Waals surface area (Å²) in [4.78, 5) is 16.4.